The molecule has 0 spiro atoms. The van der Waals surface area contributed by atoms with Crippen molar-refractivity contribution < 1.29 is 4.79 Å². The van der Waals surface area contributed by atoms with E-state index in [1.54, 1.807) is 9.80 Å². The summed E-state index contributed by atoms with van der Waals surface area (Å²) in [5.74, 6) is 0.665. The van der Waals surface area contributed by atoms with Gasteiger partial charge in [-0.15, -0.1) is 0 Å². The van der Waals surface area contributed by atoms with Crippen molar-refractivity contribution in [3.63, 3.8) is 0 Å². The fraction of sp³-hybridized carbons (Fsp3) is 0.625. The van der Waals surface area contributed by atoms with Gasteiger partial charge in [0, 0.05) is 32.5 Å². The van der Waals surface area contributed by atoms with Crippen molar-refractivity contribution in [1.29, 1.82) is 0 Å². The smallest absolute Gasteiger partial charge is 0.321 e. The van der Waals surface area contributed by atoms with Gasteiger partial charge in [-0.2, -0.15) is 0 Å². The lowest BCUT2D eigenvalue weighted by atomic mass is 9.85. The number of allylic oxidation sites excluding steroid dienone is 1. The highest BCUT2D eigenvalue weighted by Gasteiger charge is 2.26. The predicted octanol–water partition coefficient (Wildman–Crippen LogP) is 2.56. The zero-order valence-corrected chi connectivity index (χ0v) is 14.7. The number of aromatic amines is 2. The number of rotatable bonds is 4. The Kier molecular flexibility index (Phi) is 4.87. The molecule has 1 aromatic rings. The number of urea groups is 1. The van der Waals surface area contributed by atoms with Gasteiger partial charge in [0.25, 0.3) is 0 Å². The van der Waals surface area contributed by atoms with Gasteiger partial charge in [0.05, 0.1) is 13.3 Å². The zero-order chi connectivity index (χ0) is 16.4. The molecule has 2 aliphatic rings. The van der Waals surface area contributed by atoms with E-state index in [4.69, 9.17) is 12.2 Å². The fourth-order valence-corrected chi connectivity index (χ4v) is 3.81. The standard InChI is InChI=1S/C16H25N5OS/c1-19-10-21(11-20(2)16(19)22)9-13-5-3-4-12(6-13)7-14-8-17-15(23)18-14/h5,8,12H,3-4,6-7,9-11H2,1-2H3,(H2,17,18,23). The number of nitrogens with one attached hydrogen (secondary N) is 2. The topological polar surface area (TPSA) is 58.4 Å². The molecule has 2 amide bonds. The molecule has 0 bridgehead atoms. The van der Waals surface area contributed by atoms with E-state index in [0.717, 1.165) is 25.8 Å². The molecule has 23 heavy (non-hydrogen) atoms. The van der Waals surface area contributed by atoms with Gasteiger partial charge in [-0.25, -0.2) is 4.79 Å². The molecular formula is C16H25N5OS. The second kappa shape index (κ2) is 6.88. The first-order chi connectivity index (χ1) is 11.0. The molecule has 6 nitrogen and oxygen atoms in total. The van der Waals surface area contributed by atoms with Crippen LogP contribution in [0.2, 0.25) is 0 Å². The Labute approximate surface area is 142 Å². The summed E-state index contributed by atoms with van der Waals surface area (Å²) in [5.41, 5.74) is 2.69. The van der Waals surface area contributed by atoms with Gasteiger partial charge in [-0.3, -0.25) is 4.90 Å². The van der Waals surface area contributed by atoms with Gasteiger partial charge in [0.1, 0.15) is 0 Å². The minimum Gasteiger partial charge on any atom is -0.337 e. The molecule has 7 heteroatoms. The summed E-state index contributed by atoms with van der Waals surface area (Å²) in [4.78, 5) is 23.9. The van der Waals surface area contributed by atoms with Gasteiger partial charge in [-0.1, -0.05) is 11.6 Å². The van der Waals surface area contributed by atoms with E-state index in [2.05, 4.69) is 20.9 Å². The number of carbonyl (C=O) groups excluding carboxylic acids is 1. The second-order valence-corrected chi connectivity index (χ2v) is 7.18. The van der Waals surface area contributed by atoms with Crippen LogP contribution in [-0.2, 0) is 6.42 Å². The van der Waals surface area contributed by atoms with Crippen molar-refractivity contribution in [1.82, 2.24) is 24.7 Å². The maximum Gasteiger partial charge on any atom is 0.321 e. The minimum atomic E-state index is 0.0967. The van der Waals surface area contributed by atoms with Crippen LogP contribution < -0.4 is 0 Å². The third-order valence-electron chi connectivity index (χ3n) is 4.62. The first-order valence-corrected chi connectivity index (χ1v) is 8.55. The highest BCUT2D eigenvalue weighted by Crippen LogP contribution is 2.27. The number of aromatic nitrogens is 2. The summed E-state index contributed by atoms with van der Waals surface area (Å²) in [6.45, 7) is 2.35. The largest absolute Gasteiger partial charge is 0.337 e. The summed E-state index contributed by atoms with van der Waals surface area (Å²) in [6, 6.07) is 0.0967. The van der Waals surface area contributed by atoms with E-state index < -0.39 is 0 Å². The lowest BCUT2D eigenvalue weighted by Gasteiger charge is -2.39. The lowest BCUT2D eigenvalue weighted by molar-refractivity contribution is 0.0602. The number of hydrogen-bond donors (Lipinski definition) is 2. The quantitative estimate of drug-likeness (QED) is 0.657. The van der Waals surface area contributed by atoms with Crippen LogP contribution in [0, 0.1) is 10.7 Å². The number of H-pyrrole nitrogens is 2. The van der Waals surface area contributed by atoms with Gasteiger partial charge in [0.2, 0.25) is 0 Å². The molecule has 1 atom stereocenters. The van der Waals surface area contributed by atoms with E-state index in [1.165, 1.54) is 17.7 Å². The normalized spacial score (nSPS) is 23.3. The summed E-state index contributed by atoms with van der Waals surface area (Å²) >= 11 is 5.10. The molecule has 0 radical (unpaired) electrons. The number of carbonyl (C=O) groups is 1. The van der Waals surface area contributed by atoms with E-state index in [-0.39, 0.29) is 6.03 Å². The number of amides is 2. The van der Waals surface area contributed by atoms with Gasteiger partial charge < -0.3 is 19.8 Å². The average molecular weight is 335 g/mol. The summed E-state index contributed by atoms with van der Waals surface area (Å²) < 4.78 is 0.704. The Balaban J connectivity index is 1.55. The highest BCUT2D eigenvalue weighted by atomic mass is 32.1. The molecule has 0 aromatic carbocycles. The SMILES string of the molecule is CN1CN(CC2=CCCC(Cc3c[nH]c(=S)[nH]3)C2)CN(C)C1=O. The Morgan fingerprint density at radius 1 is 1.30 bits per heavy atom. The van der Waals surface area contributed by atoms with Crippen LogP contribution >= 0.6 is 12.2 Å². The second-order valence-electron chi connectivity index (χ2n) is 6.77. The zero-order valence-electron chi connectivity index (χ0n) is 13.8. The predicted molar refractivity (Wildman–Crippen MR) is 92.5 cm³/mol. The van der Waals surface area contributed by atoms with E-state index in [0.29, 0.717) is 24.0 Å². The molecule has 2 N–H and O–H groups in total. The van der Waals surface area contributed by atoms with Crippen molar-refractivity contribution in [2.24, 2.45) is 5.92 Å². The number of nitrogens with zero attached hydrogens (tertiary/aromatic N) is 3. The van der Waals surface area contributed by atoms with Gasteiger partial charge >= 0.3 is 6.03 Å². The van der Waals surface area contributed by atoms with E-state index in [1.807, 2.05) is 20.3 Å². The molecule has 1 saturated heterocycles. The monoisotopic (exact) mass is 335 g/mol. The molecule has 0 saturated carbocycles. The van der Waals surface area contributed by atoms with Crippen LogP contribution in [0.1, 0.15) is 25.0 Å². The molecule has 1 aliphatic heterocycles. The first kappa shape index (κ1) is 16.3. The van der Waals surface area contributed by atoms with Crippen LogP contribution in [0.5, 0.6) is 0 Å². The van der Waals surface area contributed by atoms with Crippen molar-refractivity contribution in [2.45, 2.75) is 25.7 Å². The maximum atomic E-state index is 11.8. The van der Waals surface area contributed by atoms with Gasteiger partial charge in [-0.05, 0) is 43.8 Å². The molecule has 126 valence electrons. The molecule has 3 rings (SSSR count). The highest BCUT2D eigenvalue weighted by molar-refractivity contribution is 7.71. The summed E-state index contributed by atoms with van der Waals surface area (Å²) in [7, 11) is 3.72. The number of hydrogen-bond acceptors (Lipinski definition) is 3. The van der Waals surface area contributed by atoms with Crippen LogP contribution in [0.3, 0.4) is 0 Å². The molecule has 1 aliphatic carbocycles. The van der Waals surface area contributed by atoms with E-state index in [9.17, 15) is 4.79 Å². The summed E-state index contributed by atoms with van der Waals surface area (Å²) in [5, 5.41) is 0. The van der Waals surface area contributed by atoms with Crippen LogP contribution in [0.4, 0.5) is 4.79 Å². The third-order valence-corrected chi connectivity index (χ3v) is 4.84. The average Bonchev–Trinajstić information content (AvgIpc) is 2.90. The fourth-order valence-electron chi connectivity index (χ4n) is 3.62. The Bertz CT molecular complexity index is 635. The lowest BCUT2D eigenvalue weighted by Crippen LogP contribution is -2.55. The third kappa shape index (κ3) is 4.03. The number of imidazole rings is 1. The Morgan fingerprint density at radius 2 is 2.04 bits per heavy atom. The first-order valence-electron chi connectivity index (χ1n) is 8.14. The van der Waals surface area contributed by atoms with Gasteiger partial charge in [0.15, 0.2) is 4.77 Å². The molecule has 2 heterocycles. The molecule has 1 fully saturated rings. The Hall–Kier alpha value is -1.60. The van der Waals surface area contributed by atoms with Crippen molar-refractivity contribution in [3.05, 3.63) is 28.3 Å². The minimum absolute atomic E-state index is 0.0967. The van der Waals surface area contributed by atoms with Crippen LogP contribution in [0.15, 0.2) is 17.8 Å². The van der Waals surface area contributed by atoms with Crippen LogP contribution in [0.25, 0.3) is 0 Å². The molecule has 1 unspecified atom stereocenters. The molecule has 1 aromatic heterocycles. The van der Waals surface area contributed by atoms with Crippen LogP contribution in [-0.4, -0.2) is 64.7 Å². The Morgan fingerprint density at radius 3 is 2.70 bits per heavy atom. The molecular weight excluding hydrogens is 310 g/mol. The summed E-state index contributed by atoms with van der Waals surface area (Å²) in [6.07, 6.45) is 8.91. The van der Waals surface area contributed by atoms with Crippen molar-refractivity contribution in [3.8, 4) is 0 Å². The van der Waals surface area contributed by atoms with Crippen molar-refractivity contribution in [2.75, 3.05) is 34.0 Å². The maximum absolute atomic E-state index is 11.8. The van der Waals surface area contributed by atoms with E-state index >= 15 is 0 Å². The van der Waals surface area contributed by atoms with Crippen molar-refractivity contribution >= 4 is 18.2 Å².